The Kier molecular flexibility index (Phi) is 4.59. The van der Waals surface area contributed by atoms with Crippen molar-refractivity contribution in [2.45, 2.75) is 26.0 Å². The van der Waals surface area contributed by atoms with Crippen LogP contribution in [0, 0.1) is 5.92 Å². The molecule has 1 aliphatic heterocycles. The van der Waals surface area contributed by atoms with E-state index >= 15 is 0 Å². The van der Waals surface area contributed by atoms with Crippen LogP contribution >= 0.6 is 0 Å². The summed E-state index contributed by atoms with van der Waals surface area (Å²) in [5.41, 5.74) is 0. The Balaban J connectivity index is 1.77. The third-order valence-corrected chi connectivity index (χ3v) is 3.21. The van der Waals surface area contributed by atoms with Gasteiger partial charge in [-0.15, -0.1) is 0 Å². The molecule has 4 heteroatoms. The van der Waals surface area contributed by atoms with E-state index in [0.29, 0.717) is 5.76 Å². The van der Waals surface area contributed by atoms with Crippen LogP contribution in [0.1, 0.15) is 24.4 Å². The van der Waals surface area contributed by atoms with Gasteiger partial charge < -0.3 is 14.3 Å². The van der Waals surface area contributed by atoms with E-state index in [1.54, 1.807) is 0 Å². The second-order valence-electron chi connectivity index (χ2n) is 4.78. The predicted molar refractivity (Wildman–Crippen MR) is 64.5 cm³/mol. The van der Waals surface area contributed by atoms with Gasteiger partial charge in [0, 0.05) is 19.8 Å². The first kappa shape index (κ1) is 12.6. The van der Waals surface area contributed by atoms with E-state index in [9.17, 15) is 0 Å². The van der Waals surface area contributed by atoms with Gasteiger partial charge in [0.2, 0.25) is 0 Å². The van der Waals surface area contributed by atoms with Gasteiger partial charge in [0.05, 0.1) is 6.54 Å². The summed E-state index contributed by atoms with van der Waals surface area (Å²) in [5, 5.41) is 8.92. The molecule has 1 N–H and O–H groups in total. The van der Waals surface area contributed by atoms with Crippen LogP contribution in [0.2, 0.25) is 0 Å². The Hall–Kier alpha value is -0.840. The summed E-state index contributed by atoms with van der Waals surface area (Å²) in [7, 11) is 2.11. The molecule has 0 amide bonds. The first-order valence-corrected chi connectivity index (χ1v) is 6.22. The summed E-state index contributed by atoms with van der Waals surface area (Å²) >= 11 is 0. The van der Waals surface area contributed by atoms with Crippen molar-refractivity contribution in [2.24, 2.45) is 5.92 Å². The van der Waals surface area contributed by atoms with Crippen molar-refractivity contribution in [3.63, 3.8) is 0 Å². The average molecular weight is 239 g/mol. The van der Waals surface area contributed by atoms with Crippen molar-refractivity contribution in [1.82, 2.24) is 4.90 Å². The number of furan rings is 1. The van der Waals surface area contributed by atoms with Crippen molar-refractivity contribution < 1.29 is 14.3 Å². The zero-order chi connectivity index (χ0) is 12.1. The highest BCUT2D eigenvalue weighted by atomic mass is 16.5. The summed E-state index contributed by atoms with van der Waals surface area (Å²) in [6, 6.07) is 3.77. The fourth-order valence-electron chi connectivity index (χ4n) is 2.29. The van der Waals surface area contributed by atoms with Gasteiger partial charge in [0.1, 0.15) is 18.1 Å². The van der Waals surface area contributed by atoms with Crippen LogP contribution < -0.4 is 0 Å². The Morgan fingerprint density at radius 2 is 2.00 bits per heavy atom. The Morgan fingerprint density at radius 1 is 1.29 bits per heavy atom. The second kappa shape index (κ2) is 6.19. The number of hydrogen-bond donors (Lipinski definition) is 1. The lowest BCUT2D eigenvalue weighted by Gasteiger charge is -2.26. The molecule has 2 heterocycles. The summed E-state index contributed by atoms with van der Waals surface area (Å²) < 4.78 is 10.8. The van der Waals surface area contributed by atoms with Gasteiger partial charge >= 0.3 is 0 Å². The number of aliphatic hydroxyl groups excluding tert-OH is 1. The predicted octanol–water partition coefficient (Wildman–Crippen LogP) is 1.63. The second-order valence-corrected chi connectivity index (χ2v) is 4.78. The highest BCUT2D eigenvalue weighted by molar-refractivity contribution is 5.06. The van der Waals surface area contributed by atoms with Crippen LogP contribution in [0.25, 0.3) is 0 Å². The van der Waals surface area contributed by atoms with Crippen molar-refractivity contribution in [3.05, 3.63) is 23.7 Å². The van der Waals surface area contributed by atoms with Gasteiger partial charge in [-0.3, -0.25) is 4.90 Å². The topological polar surface area (TPSA) is 45.8 Å². The molecule has 0 atom stereocenters. The number of aliphatic hydroxyl groups is 1. The molecular formula is C13H21NO3. The van der Waals surface area contributed by atoms with E-state index in [0.717, 1.165) is 50.8 Å². The molecule has 0 bridgehead atoms. The van der Waals surface area contributed by atoms with Crippen LogP contribution in [0.3, 0.4) is 0 Å². The third kappa shape index (κ3) is 3.84. The van der Waals surface area contributed by atoms with Gasteiger partial charge in [0.25, 0.3) is 0 Å². The maximum absolute atomic E-state index is 8.92. The summed E-state index contributed by atoms with van der Waals surface area (Å²) in [6.45, 7) is 3.65. The van der Waals surface area contributed by atoms with E-state index in [2.05, 4.69) is 11.9 Å². The molecule has 0 aromatic carbocycles. The van der Waals surface area contributed by atoms with Crippen molar-refractivity contribution in [1.29, 1.82) is 0 Å². The fraction of sp³-hybridized carbons (Fsp3) is 0.692. The molecule has 1 aliphatic rings. The van der Waals surface area contributed by atoms with Gasteiger partial charge in [-0.05, 0) is 37.9 Å². The quantitative estimate of drug-likeness (QED) is 0.848. The van der Waals surface area contributed by atoms with Crippen LogP contribution in [-0.4, -0.2) is 36.8 Å². The van der Waals surface area contributed by atoms with Crippen LogP contribution in [0.15, 0.2) is 16.5 Å². The maximum atomic E-state index is 8.92. The lowest BCUT2D eigenvalue weighted by molar-refractivity contribution is 0.0541. The van der Waals surface area contributed by atoms with Gasteiger partial charge in [-0.25, -0.2) is 0 Å². The van der Waals surface area contributed by atoms with Crippen molar-refractivity contribution >= 4 is 0 Å². The molecule has 1 fully saturated rings. The molecule has 1 aromatic heterocycles. The lowest BCUT2D eigenvalue weighted by Crippen LogP contribution is -2.29. The summed E-state index contributed by atoms with van der Waals surface area (Å²) in [4.78, 5) is 2.27. The highest BCUT2D eigenvalue weighted by Crippen LogP contribution is 2.17. The lowest BCUT2D eigenvalue weighted by atomic mass is 10.00. The number of hydrogen-bond acceptors (Lipinski definition) is 4. The van der Waals surface area contributed by atoms with E-state index in [4.69, 9.17) is 14.3 Å². The smallest absolute Gasteiger partial charge is 0.129 e. The molecular weight excluding hydrogens is 218 g/mol. The summed E-state index contributed by atoms with van der Waals surface area (Å²) in [5.74, 6) is 2.30. The SMILES string of the molecule is CN(Cc1ccc(CO)o1)CC1CCOCC1. The minimum absolute atomic E-state index is 0.0241. The Morgan fingerprint density at radius 3 is 2.65 bits per heavy atom. The Bertz CT molecular complexity index is 331. The summed E-state index contributed by atoms with van der Waals surface area (Å²) in [6.07, 6.45) is 2.31. The molecule has 2 rings (SSSR count). The zero-order valence-corrected chi connectivity index (χ0v) is 10.4. The largest absolute Gasteiger partial charge is 0.462 e. The van der Waals surface area contributed by atoms with Crippen LogP contribution in [0.5, 0.6) is 0 Å². The molecule has 0 spiro atoms. The van der Waals surface area contributed by atoms with Crippen molar-refractivity contribution in [2.75, 3.05) is 26.8 Å². The normalized spacial score (nSPS) is 17.8. The number of ether oxygens (including phenoxy) is 1. The first-order valence-electron chi connectivity index (χ1n) is 6.22. The van der Waals surface area contributed by atoms with E-state index in [-0.39, 0.29) is 6.61 Å². The molecule has 96 valence electrons. The molecule has 1 saturated heterocycles. The zero-order valence-electron chi connectivity index (χ0n) is 10.4. The minimum Gasteiger partial charge on any atom is -0.462 e. The molecule has 0 aliphatic carbocycles. The standard InChI is InChI=1S/C13H21NO3/c1-14(8-11-4-6-16-7-5-11)9-12-2-3-13(10-15)17-12/h2-3,11,15H,4-10H2,1H3. The average Bonchev–Trinajstić information content (AvgIpc) is 2.78. The monoisotopic (exact) mass is 239 g/mol. The van der Waals surface area contributed by atoms with E-state index in [1.807, 2.05) is 12.1 Å². The van der Waals surface area contributed by atoms with Crippen LogP contribution in [0.4, 0.5) is 0 Å². The molecule has 1 aromatic rings. The molecule has 0 unspecified atom stereocenters. The highest BCUT2D eigenvalue weighted by Gasteiger charge is 2.16. The Labute approximate surface area is 102 Å². The van der Waals surface area contributed by atoms with Gasteiger partial charge in [-0.1, -0.05) is 0 Å². The fourth-order valence-corrected chi connectivity index (χ4v) is 2.29. The number of rotatable bonds is 5. The van der Waals surface area contributed by atoms with E-state index < -0.39 is 0 Å². The van der Waals surface area contributed by atoms with Gasteiger partial charge in [0.15, 0.2) is 0 Å². The van der Waals surface area contributed by atoms with Crippen molar-refractivity contribution in [3.8, 4) is 0 Å². The van der Waals surface area contributed by atoms with Gasteiger partial charge in [-0.2, -0.15) is 0 Å². The van der Waals surface area contributed by atoms with E-state index in [1.165, 1.54) is 0 Å². The number of nitrogens with zero attached hydrogens (tertiary/aromatic N) is 1. The molecule has 0 radical (unpaired) electrons. The molecule has 4 nitrogen and oxygen atoms in total. The maximum Gasteiger partial charge on any atom is 0.129 e. The minimum atomic E-state index is -0.0241. The molecule has 0 saturated carbocycles. The third-order valence-electron chi connectivity index (χ3n) is 3.21. The van der Waals surface area contributed by atoms with Crippen LogP contribution in [-0.2, 0) is 17.9 Å². The first-order chi connectivity index (χ1) is 8.28. The molecule has 17 heavy (non-hydrogen) atoms.